The van der Waals surface area contributed by atoms with Gasteiger partial charge in [0.1, 0.15) is 0 Å². The fourth-order valence-corrected chi connectivity index (χ4v) is 11.6. The van der Waals surface area contributed by atoms with Crippen molar-refractivity contribution in [2.75, 3.05) is 13.2 Å². The Morgan fingerprint density at radius 3 is 2.22 bits per heavy atom. The van der Waals surface area contributed by atoms with E-state index in [1.807, 2.05) is 0 Å². The average molecular weight is 443 g/mol. The second kappa shape index (κ2) is 7.33. The van der Waals surface area contributed by atoms with E-state index in [-0.39, 0.29) is 12.0 Å². The van der Waals surface area contributed by atoms with Crippen molar-refractivity contribution in [2.45, 2.75) is 105 Å². The standard InChI is InChI=1S/C30H50O2/c1-20(18-31)21-10-14-26(2)16-17-29(5)22(25(21)26)8-9-24-28(4)13-7-12-27(3,19-32)23(28)11-15-30(24,29)6/h21-25,31-32H,1,7-19H2,2-6H3/t21-,22+,23-,24+,25+,26+,27+,28-,29+,30+/m0/s1. The molecule has 0 spiro atoms. The summed E-state index contributed by atoms with van der Waals surface area (Å²) in [4.78, 5) is 0. The van der Waals surface area contributed by atoms with Crippen LogP contribution in [-0.2, 0) is 0 Å². The van der Waals surface area contributed by atoms with Gasteiger partial charge in [-0.3, -0.25) is 0 Å². The lowest BCUT2D eigenvalue weighted by Crippen LogP contribution is -2.65. The van der Waals surface area contributed by atoms with Gasteiger partial charge in [0.2, 0.25) is 0 Å². The second-order valence-electron chi connectivity index (χ2n) is 14.5. The first-order valence-electron chi connectivity index (χ1n) is 13.9. The fraction of sp³-hybridized carbons (Fsp3) is 0.933. The van der Waals surface area contributed by atoms with E-state index >= 15 is 0 Å². The minimum absolute atomic E-state index is 0.118. The molecule has 0 unspecified atom stereocenters. The lowest BCUT2D eigenvalue weighted by molar-refractivity contribution is -0.239. The Labute approximate surface area is 197 Å². The Morgan fingerprint density at radius 2 is 1.53 bits per heavy atom. The Hall–Kier alpha value is -0.340. The SMILES string of the molecule is C=C(CO)[C@@H]1CC[C@]2(C)CC[C@]3(C)[C@H](CC[C@@H]4[C@@]5(C)CCC[C@](C)(CO)[C@@H]5CC[C@]43C)[C@@H]12. The van der Waals surface area contributed by atoms with E-state index in [0.29, 0.717) is 46.0 Å². The summed E-state index contributed by atoms with van der Waals surface area (Å²) in [6.45, 7) is 17.9. The van der Waals surface area contributed by atoms with E-state index in [1.54, 1.807) is 0 Å². The van der Waals surface area contributed by atoms with Crippen molar-refractivity contribution in [2.24, 2.45) is 56.7 Å². The number of rotatable bonds is 3. The van der Waals surface area contributed by atoms with Gasteiger partial charge in [0.25, 0.3) is 0 Å². The Kier molecular flexibility index (Phi) is 5.36. The topological polar surface area (TPSA) is 40.5 Å². The highest BCUT2D eigenvalue weighted by molar-refractivity contribution is 5.21. The van der Waals surface area contributed by atoms with E-state index < -0.39 is 0 Å². The van der Waals surface area contributed by atoms with E-state index in [1.165, 1.54) is 70.6 Å². The Balaban J connectivity index is 1.53. The molecule has 5 fully saturated rings. The molecule has 2 nitrogen and oxygen atoms in total. The van der Waals surface area contributed by atoms with Gasteiger partial charge in [0, 0.05) is 6.61 Å². The predicted octanol–water partition coefficient (Wildman–Crippen LogP) is 7.00. The molecule has 2 N–H and O–H groups in total. The molecule has 0 aliphatic heterocycles. The molecule has 10 atom stereocenters. The molecule has 0 saturated heterocycles. The van der Waals surface area contributed by atoms with Crippen LogP contribution in [0.3, 0.4) is 0 Å². The van der Waals surface area contributed by atoms with Crippen molar-refractivity contribution >= 4 is 0 Å². The van der Waals surface area contributed by atoms with Crippen LogP contribution in [0.4, 0.5) is 0 Å². The van der Waals surface area contributed by atoms with Crippen molar-refractivity contribution in [3.8, 4) is 0 Å². The van der Waals surface area contributed by atoms with Crippen molar-refractivity contribution in [1.29, 1.82) is 0 Å². The Morgan fingerprint density at radius 1 is 0.781 bits per heavy atom. The van der Waals surface area contributed by atoms with Crippen molar-refractivity contribution < 1.29 is 10.2 Å². The maximum absolute atomic E-state index is 10.4. The maximum Gasteiger partial charge on any atom is 0.0641 e. The lowest BCUT2D eigenvalue weighted by Gasteiger charge is -2.72. The summed E-state index contributed by atoms with van der Waals surface area (Å²) in [6.07, 6.45) is 14.5. The third-order valence-electron chi connectivity index (χ3n) is 13.5. The number of fused-ring (bicyclic) bond motifs is 7. The number of aliphatic hydroxyl groups excluding tert-OH is 2. The lowest BCUT2D eigenvalue weighted by atomic mass is 9.32. The van der Waals surface area contributed by atoms with Crippen molar-refractivity contribution in [3.05, 3.63) is 12.2 Å². The van der Waals surface area contributed by atoms with Crippen LogP contribution in [0.25, 0.3) is 0 Å². The molecular formula is C30H50O2. The van der Waals surface area contributed by atoms with Crippen LogP contribution in [0.5, 0.6) is 0 Å². The zero-order valence-electron chi connectivity index (χ0n) is 21.7. The first-order valence-corrected chi connectivity index (χ1v) is 13.9. The second-order valence-corrected chi connectivity index (χ2v) is 14.5. The zero-order valence-corrected chi connectivity index (χ0v) is 21.7. The highest BCUT2D eigenvalue weighted by Crippen LogP contribution is 2.77. The largest absolute Gasteiger partial charge is 0.396 e. The number of hydrogen-bond acceptors (Lipinski definition) is 2. The molecule has 2 heteroatoms. The van der Waals surface area contributed by atoms with Crippen LogP contribution >= 0.6 is 0 Å². The smallest absolute Gasteiger partial charge is 0.0641 e. The number of hydrogen-bond donors (Lipinski definition) is 2. The molecule has 0 aromatic carbocycles. The van der Waals surface area contributed by atoms with Crippen LogP contribution in [0, 0.1) is 56.7 Å². The van der Waals surface area contributed by atoms with Crippen LogP contribution in [0.1, 0.15) is 105 Å². The molecular weight excluding hydrogens is 392 g/mol. The van der Waals surface area contributed by atoms with Crippen LogP contribution < -0.4 is 0 Å². The van der Waals surface area contributed by atoms with E-state index in [0.717, 1.165) is 17.4 Å². The van der Waals surface area contributed by atoms with Gasteiger partial charge in [-0.15, -0.1) is 0 Å². The first kappa shape index (κ1) is 23.4. The van der Waals surface area contributed by atoms with Gasteiger partial charge in [0.05, 0.1) is 6.61 Å². The molecule has 0 bridgehead atoms. The maximum atomic E-state index is 10.4. The molecule has 5 saturated carbocycles. The minimum Gasteiger partial charge on any atom is -0.396 e. The van der Waals surface area contributed by atoms with Crippen molar-refractivity contribution in [3.63, 3.8) is 0 Å². The molecule has 5 aliphatic carbocycles. The van der Waals surface area contributed by atoms with Gasteiger partial charge in [-0.2, -0.15) is 0 Å². The van der Waals surface area contributed by atoms with Gasteiger partial charge in [-0.1, -0.05) is 47.6 Å². The summed E-state index contributed by atoms with van der Waals surface area (Å²) in [5.74, 6) is 3.46. The summed E-state index contributed by atoms with van der Waals surface area (Å²) in [5.41, 5.74) is 2.83. The van der Waals surface area contributed by atoms with E-state index in [2.05, 4.69) is 41.2 Å². The molecule has 0 amide bonds. The average Bonchev–Trinajstić information content (AvgIpc) is 3.11. The van der Waals surface area contributed by atoms with Crippen LogP contribution in [-0.4, -0.2) is 23.4 Å². The molecule has 5 aliphatic rings. The van der Waals surface area contributed by atoms with Gasteiger partial charge in [-0.25, -0.2) is 0 Å². The molecule has 0 heterocycles. The van der Waals surface area contributed by atoms with Crippen LogP contribution in [0.2, 0.25) is 0 Å². The van der Waals surface area contributed by atoms with E-state index in [4.69, 9.17) is 0 Å². The van der Waals surface area contributed by atoms with Gasteiger partial charge >= 0.3 is 0 Å². The summed E-state index contributed by atoms with van der Waals surface area (Å²) in [6, 6.07) is 0. The summed E-state index contributed by atoms with van der Waals surface area (Å²) < 4.78 is 0. The molecule has 182 valence electrons. The first-order chi connectivity index (χ1) is 15.0. The van der Waals surface area contributed by atoms with Gasteiger partial charge in [-0.05, 0) is 126 Å². The monoisotopic (exact) mass is 442 g/mol. The Bertz CT molecular complexity index is 775. The predicted molar refractivity (Wildman–Crippen MR) is 132 cm³/mol. The van der Waals surface area contributed by atoms with Gasteiger partial charge < -0.3 is 10.2 Å². The number of aliphatic hydroxyl groups is 2. The van der Waals surface area contributed by atoms with E-state index in [9.17, 15) is 10.2 Å². The normalized spacial score (nSPS) is 57.2. The molecule has 32 heavy (non-hydrogen) atoms. The van der Waals surface area contributed by atoms with Crippen molar-refractivity contribution in [1.82, 2.24) is 0 Å². The highest BCUT2D eigenvalue weighted by Gasteiger charge is 2.69. The summed E-state index contributed by atoms with van der Waals surface area (Å²) >= 11 is 0. The zero-order chi connectivity index (χ0) is 23.2. The quantitative estimate of drug-likeness (QED) is 0.462. The summed E-state index contributed by atoms with van der Waals surface area (Å²) in [7, 11) is 0. The highest BCUT2D eigenvalue weighted by atomic mass is 16.3. The minimum atomic E-state index is 0.118. The molecule has 0 aromatic rings. The third kappa shape index (κ3) is 2.78. The third-order valence-corrected chi connectivity index (χ3v) is 13.5. The molecule has 0 aromatic heterocycles. The molecule has 0 radical (unpaired) electrons. The van der Waals surface area contributed by atoms with Gasteiger partial charge in [0.15, 0.2) is 0 Å². The summed E-state index contributed by atoms with van der Waals surface area (Å²) in [5, 5.41) is 20.4. The van der Waals surface area contributed by atoms with Crippen LogP contribution in [0.15, 0.2) is 12.2 Å². The fourth-order valence-electron chi connectivity index (χ4n) is 11.6. The molecule has 5 rings (SSSR count).